The molecule has 20 heavy (non-hydrogen) atoms. The molecule has 4 heteroatoms. The maximum atomic E-state index is 4.39. The molecule has 0 spiro atoms. The number of thiazole rings is 1. The van der Waals surface area contributed by atoms with Gasteiger partial charge < -0.3 is 10.2 Å². The third-order valence-electron chi connectivity index (χ3n) is 4.27. The zero-order valence-corrected chi connectivity index (χ0v) is 13.8. The monoisotopic (exact) mass is 295 g/mol. The van der Waals surface area contributed by atoms with Crippen LogP contribution in [-0.2, 0) is 13.0 Å². The summed E-state index contributed by atoms with van der Waals surface area (Å²) in [5.74, 6) is 0. The van der Waals surface area contributed by atoms with Gasteiger partial charge in [0, 0.05) is 23.7 Å². The normalized spacial score (nSPS) is 16.9. The van der Waals surface area contributed by atoms with Crippen molar-refractivity contribution in [2.24, 2.45) is 0 Å². The molecule has 0 aliphatic heterocycles. The van der Waals surface area contributed by atoms with Crippen molar-refractivity contribution in [2.45, 2.75) is 64.5 Å². The summed E-state index contributed by atoms with van der Waals surface area (Å²) in [5.41, 5.74) is 0. The highest BCUT2D eigenvalue weighted by Crippen LogP contribution is 2.21. The quantitative estimate of drug-likeness (QED) is 0.745. The van der Waals surface area contributed by atoms with Gasteiger partial charge in [0.1, 0.15) is 0 Å². The van der Waals surface area contributed by atoms with Gasteiger partial charge in [-0.05, 0) is 45.8 Å². The molecule has 1 aliphatic carbocycles. The number of aryl methyl sites for hydroxylation is 1. The molecule has 1 aromatic heterocycles. The van der Waals surface area contributed by atoms with Gasteiger partial charge in [-0.3, -0.25) is 0 Å². The summed E-state index contributed by atoms with van der Waals surface area (Å²) in [6.45, 7) is 5.47. The van der Waals surface area contributed by atoms with Crippen LogP contribution in [0, 0.1) is 0 Å². The lowest BCUT2D eigenvalue weighted by Crippen LogP contribution is -2.35. The van der Waals surface area contributed by atoms with Crippen LogP contribution >= 0.6 is 11.3 Å². The summed E-state index contributed by atoms with van der Waals surface area (Å²) in [6.07, 6.45) is 11.4. The number of hydrogen-bond donors (Lipinski definition) is 1. The Morgan fingerprint density at radius 1 is 1.35 bits per heavy atom. The minimum atomic E-state index is 0.845. The molecule has 0 radical (unpaired) electrons. The van der Waals surface area contributed by atoms with E-state index in [9.17, 15) is 0 Å². The topological polar surface area (TPSA) is 28.2 Å². The second-order valence-electron chi connectivity index (χ2n) is 5.88. The molecule has 1 fully saturated rings. The Morgan fingerprint density at radius 3 is 2.85 bits per heavy atom. The molecule has 0 saturated heterocycles. The van der Waals surface area contributed by atoms with E-state index >= 15 is 0 Å². The highest BCUT2D eigenvalue weighted by Gasteiger charge is 2.17. The first kappa shape index (κ1) is 15.9. The van der Waals surface area contributed by atoms with Crippen molar-refractivity contribution < 1.29 is 0 Å². The largest absolute Gasteiger partial charge is 0.312 e. The lowest BCUT2D eigenvalue weighted by Gasteiger charge is -2.31. The Kier molecular flexibility index (Phi) is 6.97. The Bertz CT molecular complexity index is 372. The molecule has 3 nitrogen and oxygen atoms in total. The Hall–Kier alpha value is -0.450. The van der Waals surface area contributed by atoms with Gasteiger partial charge in [0.05, 0.1) is 5.01 Å². The van der Waals surface area contributed by atoms with Crippen LogP contribution in [0.5, 0.6) is 0 Å². The average Bonchev–Trinajstić information content (AvgIpc) is 2.95. The molecule has 1 saturated carbocycles. The summed E-state index contributed by atoms with van der Waals surface area (Å²) in [7, 11) is 2.30. The van der Waals surface area contributed by atoms with Gasteiger partial charge in [-0.25, -0.2) is 4.98 Å². The van der Waals surface area contributed by atoms with Crippen molar-refractivity contribution in [3.05, 3.63) is 16.1 Å². The van der Waals surface area contributed by atoms with Crippen LogP contribution in [0.4, 0.5) is 0 Å². The summed E-state index contributed by atoms with van der Waals surface area (Å²) < 4.78 is 0. The molecule has 1 heterocycles. The molecule has 2 rings (SSSR count). The van der Waals surface area contributed by atoms with E-state index in [2.05, 4.69) is 29.2 Å². The number of nitrogens with zero attached hydrogens (tertiary/aromatic N) is 2. The first-order valence-corrected chi connectivity index (χ1v) is 8.95. The molecule has 0 atom stereocenters. The molecule has 0 bridgehead atoms. The zero-order valence-electron chi connectivity index (χ0n) is 13.0. The van der Waals surface area contributed by atoms with E-state index in [1.807, 2.05) is 17.5 Å². The van der Waals surface area contributed by atoms with Crippen LogP contribution in [0.2, 0.25) is 0 Å². The van der Waals surface area contributed by atoms with Crippen molar-refractivity contribution in [1.82, 2.24) is 15.2 Å². The molecule has 114 valence electrons. The third kappa shape index (κ3) is 5.15. The summed E-state index contributed by atoms with van der Waals surface area (Å²) in [4.78, 5) is 8.33. The molecular weight excluding hydrogens is 266 g/mol. The van der Waals surface area contributed by atoms with Gasteiger partial charge in [0.25, 0.3) is 0 Å². The fraction of sp³-hybridized carbons (Fsp3) is 0.812. The molecule has 1 aromatic rings. The van der Waals surface area contributed by atoms with Crippen LogP contribution in [0.3, 0.4) is 0 Å². The number of rotatable bonds is 8. The van der Waals surface area contributed by atoms with Crippen LogP contribution in [-0.4, -0.2) is 36.1 Å². The Morgan fingerprint density at radius 2 is 2.15 bits per heavy atom. The van der Waals surface area contributed by atoms with Gasteiger partial charge >= 0.3 is 0 Å². The molecule has 0 aromatic carbocycles. The van der Waals surface area contributed by atoms with Crippen LogP contribution in [0.25, 0.3) is 0 Å². The summed E-state index contributed by atoms with van der Waals surface area (Å²) in [6, 6.07) is 0.845. The number of nitrogens with one attached hydrogen (secondary N) is 1. The van der Waals surface area contributed by atoms with Gasteiger partial charge in [-0.2, -0.15) is 0 Å². The maximum Gasteiger partial charge on any atom is 0.0925 e. The minimum absolute atomic E-state index is 0.845. The van der Waals surface area contributed by atoms with Gasteiger partial charge in [-0.1, -0.05) is 26.2 Å². The van der Waals surface area contributed by atoms with Crippen molar-refractivity contribution >= 4 is 11.3 Å². The van der Waals surface area contributed by atoms with E-state index in [1.165, 1.54) is 55.0 Å². The predicted octanol–water partition coefficient (Wildman–Crippen LogP) is 3.45. The van der Waals surface area contributed by atoms with Crippen LogP contribution < -0.4 is 5.32 Å². The van der Waals surface area contributed by atoms with Crippen molar-refractivity contribution in [3.63, 3.8) is 0 Å². The van der Waals surface area contributed by atoms with Gasteiger partial charge in [0.15, 0.2) is 0 Å². The minimum Gasteiger partial charge on any atom is -0.312 e. The highest BCUT2D eigenvalue weighted by atomic mass is 32.1. The Balaban J connectivity index is 1.54. The first-order valence-electron chi connectivity index (χ1n) is 8.14. The van der Waals surface area contributed by atoms with Crippen LogP contribution in [0.1, 0.15) is 55.3 Å². The van der Waals surface area contributed by atoms with Gasteiger partial charge in [-0.15, -0.1) is 11.3 Å². The highest BCUT2D eigenvalue weighted by molar-refractivity contribution is 7.11. The second kappa shape index (κ2) is 8.75. The summed E-state index contributed by atoms with van der Waals surface area (Å²) in [5, 5.41) is 4.79. The van der Waals surface area contributed by atoms with Crippen LogP contribution in [0.15, 0.2) is 6.20 Å². The molecule has 1 N–H and O–H groups in total. The third-order valence-corrected chi connectivity index (χ3v) is 5.41. The smallest absolute Gasteiger partial charge is 0.0925 e. The predicted molar refractivity (Wildman–Crippen MR) is 87.3 cm³/mol. The standard InChI is InChI=1S/C16H29N3S/c1-3-16-18-13-15(20-16)12-17-10-7-11-19(2)14-8-5-4-6-9-14/h13-14,17H,3-12H2,1-2H3. The molecular formula is C16H29N3S. The fourth-order valence-electron chi connectivity index (χ4n) is 2.96. The maximum absolute atomic E-state index is 4.39. The van der Waals surface area contributed by atoms with E-state index in [1.54, 1.807) is 0 Å². The van der Waals surface area contributed by atoms with Crippen molar-refractivity contribution in [3.8, 4) is 0 Å². The zero-order chi connectivity index (χ0) is 14.2. The number of hydrogen-bond acceptors (Lipinski definition) is 4. The lowest BCUT2D eigenvalue weighted by atomic mass is 9.94. The van der Waals surface area contributed by atoms with Crippen molar-refractivity contribution in [1.29, 1.82) is 0 Å². The molecule has 1 aliphatic rings. The van der Waals surface area contributed by atoms with Gasteiger partial charge in [0.2, 0.25) is 0 Å². The lowest BCUT2D eigenvalue weighted by molar-refractivity contribution is 0.189. The van der Waals surface area contributed by atoms with E-state index in [0.717, 1.165) is 25.6 Å². The number of aromatic nitrogens is 1. The SMILES string of the molecule is CCc1ncc(CNCCCN(C)C2CCCCC2)s1. The fourth-order valence-corrected chi connectivity index (χ4v) is 3.79. The first-order chi connectivity index (χ1) is 9.79. The average molecular weight is 295 g/mol. The van der Waals surface area contributed by atoms with E-state index < -0.39 is 0 Å². The van der Waals surface area contributed by atoms with E-state index in [0.29, 0.717) is 0 Å². The molecule has 0 unspecified atom stereocenters. The second-order valence-corrected chi connectivity index (χ2v) is 7.08. The summed E-state index contributed by atoms with van der Waals surface area (Å²) >= 11 is 1.84. The molecule has 0 amide bonds. The van der Waals surface area contributed by atoms with E-state index in [-0.39, 0.29) is 0 Å². The van der Waals surface area contributed by atoms with Crippen molar-refractivity contribution in [2.75, 3.05) is 20.1 Å². The Labute approximate surface area is 127 Å². The van der Waals surface area contributed by atoms with E-state index in [4.69, 9.17) is 0 Å².